The minimum atomic E-state index is 0.185. The van der Waals surface area contributed by atoms with Crippen LogP contribution in [0.15, 0.2) is 36.2 Å². The minimum Gasteiger partial charge on any atom is -0.372 e. The molecule has 2 aromatic heterocycles. The quantitative estimate of drug-likeness (QED) is 0.760. The summed E-state index contributed by atoms with van der Waals surface area (Å²) < 4.78 is 5.83. The summed E-state index contributed by atoms with van der Waals surface area (Å²) in [4.78, 5) is 11.2. The number of hydrogen-bond acceptors (Lipinski definition) is 5. The van der Waals surface area contributed by atoms with E-state index in [0.717, 1.165) is 46.8 Å². The second-order valence-electron chi connectivity index (χ2n) is 7.52. The Kier molecular flexibility index (Phi) is 4.66. The molecule has 2 atom stereocenters. The molecule has 3 aromatic rings. The summed E-state index contributed by atoms with van der Waals surface area (Å²) in [5.74, 6) is 0.915. The lowest BCUT2D eigenvalue weighted by atomic mass is 10.1. The monoisotopic (exact) mass is 363 g/mol. The molecule has 0 aliphatic carbocycles. The van der Waals surface area contributed by atoms with Crippen molar-refractivity contribution in [2.75, 3.05) is 18.0 Å². The molecular formula is C21H25N5O. The van der Waals surface area contributed by atoms with Crippen LogP contribution in [-0.2, 0) is 4.74 Å². The van der Waals surface area contributed by atoms with Crippen LogP contribution in [0.25, 0.3) is 28.4 Å². The molecule has 4 rings (SSSR count). The molecule has 1 aliphatic heterocycles. The number of ether oxygens (including phenoxy) is 1. The third kappa shape index (κ3) is 3.71. The van der Waals surface area contributed by atoms with Crippen LogP contribution in [0, 0.1) is 0 Å². The lowest BCUT2D eigenvalue weighted by Crippen LogP contribution is -2.45. The number of hydrogen-bond donors (Lipinski definition) is 1. The fourth-order valence-corrected chi connectivity index (χ4v) is 3.66. The first-order valence-electron chi connectivity index (χ1n) is 9.35. The Balaban J connectivity index is 1.72. The summed E-state index contributed by atoms with van der Waals surface area (Å²) in [6, 6.07) is 8.34. The third-order valence-corrected chi connectivity index (χ3v) is 4.68. The molecule has 1 saturated heterocycles. The summed E-state index contributed by atoms with van der Waals surface area (Å²) in [5.41, 5.74) is 5.11. The number of morpholine rings is 1. The van der Waals surface area contributed by atoms with Gasteiger partial charge in [0.2, 0.25) is 0 Å². The highest BCUT2D eigenvalue weighted by atomic mass is 16.5. The number of anilines is 1. The number of allylic oxidation sites excluding steroid dienone is 1. The van der Waals surface area contributed by atoms with Crippen LogP contribution in [0.5, 0.6) is 0 Å². The van der Waals surface area contributed by atoms with E-state index in [1.54, 1.807) is 6.33 Å². The van der Waals surface area contributed by atoms with E-state index in [0.29, 0.717) is 0 Å². The molecule has 3 heterocycles. The Bertz CT molecular complexity index is 979. The normalized spacial score (nSPS) is 20.1. The van der Waals surface area contributed by atoms with Crippen LogP contribution < -0.4 is 4.90 Å². The Morgan fingerprint density at radius 1 is 1.15 bits per heavy atom. The number of nitrogens with one attached hydrogen (secondary N) is 1. The van der Waals surface area contributed by atoms with Crippen molar-refractivity contribution in [3.05, 3.63) is 41.7 Å². The van der Waals surface area contributed by atoms with Crippen molar-refractivity contribution in [3.63, 3.8) is 0 Å². The molecule has 0 unspecified atom stereocenters. The highest BCUT2D eigenvalue weighted by Gasteiger charge is 2.24. The lowest BCUT2D eigenvalue weighted by molar-refractivity contribution is -0.00546. The van der Waals surface area contributed by atoms with Crippen molar-refractivity contribution in [3.8, 4) is 11.4 Å². The van der Waals surface area contributed by atoms with Crippen molar-refractivity contribution in [1.82, 2.24) is 20.2 Å². The van der Waals surface area contributed by atoms with Gasteiger partial charge < -0.3 is 9.64 Å². The van der Waals surface area contributed by atoms with E-state index in [-0.39, 0.29) is 12.2 Å². The number of rotatable bonds is 3. The third-order valence-electron chi connectivity index (χ3n) is 4.68. The Morgan fingerprint density at radius 2 is 1.93 bits per heavy atom. The van der Waals surface area contributed by atoms with Gasteiger partial charge in [-0.3, -0.25) is 5.10 Å². The summed E-state index contributed by atoms with van der Waals surface area (Å²) in [5, 5.41) is 8.71. The molecule has 27 heavy (non-hydrogen) atoms. The Morgan fingerprint density at radius 3 is 2.67 bits per heavy atom. The number of benzene rings is 1. The summed E-state index contributed by atoms with van der Waals surface area (Å²) in [6.07, 6.45) is 4.16. The number of nitrogens with zero attached hydrogens (tertiary/aromatic N) is 4. The van der Waals surface area contributed by atoms with E-state index >= 15 is 0 Å². The molecule has 0 amide bonds. The summed E-state index contributed by atoms with van der Waals surface area (Å²) >= 11 is 0. The topological polar surface area (TPSA) is 66.9 Å². The van der Waals surface area contributed by atoms with E-state index < -0.39 is 0 Å². The highest BCUT2D eigenvalue weighted by Crippen LogP contribution is 2.28. The number of fused-ring (bicyclic) bond motifs is 1. The van der Waals surface area contributed by atoms with Crippen LogP contribution >= 0.6 is 0 Å². The second kappa shape index (κ2) is 7.12. The van der Waals surface area contributed by atoms with Gasteiger partial charge in [0, 0.05) is 24.5 Å². The van der Waals surface area contributed by atoms with Gasteiger partial charge in [-0.25, -0.2) is 9.97 Å². The van der Waals surface area contributed by atoms with Gasteiger partial charge >= 0.3 is 0 Å². The first-order valence-corrected chi connectivity index (χ1v) is 9.35. The lowest BCUT2D eigenvalue weighted by Gasteiger charge is -2.36. The molecule has 0 radical (unpaired) electrons. The maximum atomic E-state index is 5.83. The molecule has 1 fully saturated rings. The molecule has 1 N–H and O–H groups in total. The number of aromatic amines is 1. The minimum absolute atomic E-state index is 0.185. The predicted octanol–water partition coefficient (Wildman–Crippen LogP) is 4.06. The van der Waals surface area contributed by atoms with Gasteiger partial charge in [-0.05, 0) is 45.4 Å². The molecule has 6 heteroatoms. The van der Waals surface area contributed by atoms with Gasteiger partial charge in [0.1, 0.15) is 17.8 Å². The Hall–Kier alpha value is -2.73. The zero-order valence-electron chi connectivity index (χ0n) is 16.2. The van der Waals surface area contributed by atoms with Crippen molar-refractivity contribution in [2.45, 2.75) is 39.9 Å². The van der Waals surface area contributed by atoms with Gasteiger partial charge in [0.25, 0.3) is 0 Å². The van der Waals surface area contributed by atoms with Crippen molar-refractivity contribution in [1.29, 1.82) is 0 Å². The van der Waals surface area contributed by atoms with Crippen LogP contribution in [0.1, 0.15) is 33.3 Å². The predicted molar refractivity (Wildman–Crippen MR) is 109 cm³/mol. The fraction of sp³-hybridized carbons (Fsp3) is 0.381. The average Bonchev–Trinajstić information content (AvgIpc) is 3.04. The van der Waals surface area contributed by atoms with E-state index in [1.807, 2.05) is 6.07 Å². The van der Waals surface area contributed by atoms with Crippen LogP contribution in [-0.4, -0.2) is 45.5 Å². The van der Waals surface area contributed by atoms with Crippen LogP contribution in [0.2, 0.25) is 0 Å². The average molecular weight is 363 g/mol. The van der Waals surface area contributed by atoms with Crippen LogP contribution in [0.3, 0.4) is 0 Å². The van der Waals surface area contributed by atoms with Crippen molar-refractivity contribution < 1.29 is 4.74 Å². The number of H-pyrrole nitrogens is 1. The molecule has 1 aliphatic rings. The second-order valence-corrected chi connectivity index (χ2v) is 7.52. The standard InChI is InChI=1S/C21H25N5O/c1-13(2)7-16-5-6-18-17(8-16)21(25-24-18)19-9-20(23-12-22-19)26-10-14(3)27-15(4)11-26/h5-9,12,14-15H,10-11H2,1-4H3,(H,24,25)/t14-,15+. The van der Waals surface area contributed by atoms with Gasteiger partial charge in [0.15, 0.2) is 0 Å². The first-order chi connectivity index (χ1) is 13.0. The number of aromatic nitrogens is 4. The largest absolute Gasteiger partial charge is 0.372 e. The molecular weight excluding hydrogens is 338 g/mol. The van der Waals surface area contributed by atoms with Crippen molar-refractivity contribution >= 4 is 22.8 Å². The summed E-state index contributed by atoms with van der Waals surface area (Å²) in [6.45, 7) is 10.0. The molecule has 1 aromatic carbocycles. The zero-order valence-corrected chi connectivity index (χ0v) is 16.2. The van der Waals surface area contributed by atoms with Gasteiger partial charge in [-0.15, -0.1) is 0 Å². The van der Waals surface area contributed by atoms with Crippen molar-refractivity contribution in [2.24, 2.45) is 0 Å². The van der Waals surface area contributed by atoms with E-state index in [1.165, 1.54) is 5.57 Å². The Labute approximate surface area is 159 Å². The highest BCUT2D eigenvalue weighted by molar-refractivity contribution is 5.93. The molecule has 6 nitrogen and oxygen atoms in total. The summed E-state index contributed by atoms with van der Waals surface area (Å²) in [7, 11) is 0. The maximum absolute atomic E-state index is 5.83. The smallest absolute Gasteiger partial charge is 0.132 e. The molecule has 0 bridgehead atoms. The SMILES string of the molecule is CC(C)=Cc1ccc2[nH]nc(-c3cc(N4C[C@@H](C)O[C@@H](C)C4)ncn3)c2c1. The van der Waals surface area contributed by atoms with Gasteiger partial charge in [-0.2, -0.15) is 5.10 Å². The van der Waals surface area contributed by atoms with E-state index in [9.17, 15) is 0 Å². The molecule has 140 valence electrons. The molecule has 0 saturated carbocycles. The van der Waals surface area contributed by atoms with E-state index in [2.05, 4.69) is 77.0 Å². The fourth-order valence-electron chi connectivity index (χ4n) is 3.66. The van der Waals surface area contributed by atoms with Crippen LogP contribution in [0.4, 0.5) is 5.82 Å². The van der Waals surface area contributed by atoms with Gasteiger partial charge in [-0.1, -0.05) is 17.7 Å². The van der Waals surface area contributed by atoms with Gasteiger partial charge in [0.05, 0.1) is 23.4 Å². The zero-order chi connectivity index (χ0) is 19.0. The maximum Gasteiger partial charge on any atom is 0.132 e. The van der Waals surface area contributed by atoms with E-state index in [4.69, 9.17) is 4.74 Å². The molecule has 0 spiro atoms. The first kappa shape index (κ1) is 17.7.